The Morgan fingerprint density at radius 1 is 0.568 bits per heavy atom. The van der Waals surface area contributed by atoms with E-state index in [1.165, 1.54) is 0 Å². The highest BCUT2D eigenvalue weighted by Gasteiger charge is 2.37. The van der Waals surface area contributed by atoms with E-state index in [0.29, 0.717) is 78.9 Å². The molecule has 6 unspecified atom stereocenters. The molecule has 12 heteroatoms. The third-order valence-electron chi connectivity index (χ3n) is 6.36. The van der Waals surface area contributed by atoms with Crippen LogP contribution in [0.4, 0.5) is 0 Å². The van der Waals surface area contributed by atoms with Crippen molar-refractivity contribution >= 4 is 0 Å². The van der Waals surface area contributed by atoms with E-state index in [2.05, 4.69) is 0 Å². The Labute approximate surface area is 219 Å². The minimum atomic E-state index is -0.610. The molecule has 4 saturated heterocycles. The second-order valence-electron chi connectivity index (χ2n) is 10.0. The summed E-state index contributed by atoms with van der Waals surface area (Å²) in [6.07, 6.45) is 1.37. The van der Waals surface area contributed by atoms with Crippen LogP contribution in [0.1, 0.15) is 12.8 Å². The third kappa shape index (κ3) is 12.9. The molecule has 0 aromatic carbocycles. The van der Waals surface area contributed by atoms with Gasteiger partial charge >= 0.3 is 0 Å². The van der Waals surface area contributed by atoms with E-state index in [1.54, 1.807) is 14.2 Å². The molecule has 0 aromatic rings. The smallest absolute Gasteiger partial charge is 0.159 e. The molecule has 0 amide bonds. The molecule has 216 valence electrons. The number of epoxide rings is 4. The van der Waals surface area contributed by atoms with Crippen LogP contribution in [0.25, 0.3) is 0 Å². The molecule has 0 aromatic heterocycles. The fraction of sp³-hybridized carbons (Fsp3) is 1.00. The minimum Gasteiger partial charge on any atom is -0.378 e. The summed E-state index contributed by atoms with van der Waals surface area (Å²) in [4.78, 5) is 0. The van der Waals surface area contributed by atoms with Crippen LogP contribution in [0, 0.1) is 5.41 Å². The Morgan fingerprint density at radius 2 is 0.946 bits per heavy atom. The number of hydrogen-bond donors (Lipinski definition) is 0. The Kier molecular flexibility index (Phi) is 12.7. The van der Waals surface area contributed by atoms with E-state index in [0.717, 1.165) is 26.4 Å². The molecule has 37 heavy (non-hydrogen) atoms. The average molecular weight is 537 g/mol. The molecule has 4 aliphatic heterocycles. The van der Waals surface area contributed by atoms with Crippen LogP contribution >= 0.6 is 0 Å². The van der Waals surface area contributed by atoms with Crippen LogP contribution < -0.4 is 0 Å². The predicted molar refractivity (Wildman–Crippen MR) is 127 cm³/mol. The van der Waals surface area contributed by atoms with Crippen molar-refractivity contribution in [3.05, 3.63) is 0 Å². The lowest BCUT2D eigenvalue weighted by molar-refractivity contribution is -0.206. The maximum absolute atomic E-state index is 6.20. The van der Waals surface area contributed by atoms with E-state index in [9.17, 15) is 0 Å². The highest BCUT2D eigenvalue weighted by atomic mass is 16.7. The second kappa shape index (κ2) is 15.9. The zero-order chi connectivity index (χ0) is 25.8. The van der Waals surface area contributed by atoms with E-state index < -0.39 is 18.0 Å². The van der Waals surface area contributed by atoms with Gasteiger partial charge in [0.05, 0.1) is 110 Å². The molecule has 0 spiro atoms. The molecule has 6 atom stereocenters. The predicted octanol–water partition coefficient (Wildman–Crippen LogP) is 0.393. The van der Waals surface area contributed by atoms with Crippen molar-refractivity contribution in [3.63, 3.8) is 0 Å². The van der Waals surface area contributed by atoms with Gasteiger partial charge in [0.1, 0.15) is 12.2 Å². The maximum atomic E-state index is 6.20. The summed E-state index contributed by atoms with van der Waals surface area (Å²) >= 11 is 0. The molecule has 4 rings (SSSR count). The molecule has 0 radical (unpaired) electrons. The first-order valence-corrected chi connectivity index (χ1v) is 13.2. The van der Waals surface area contributed by atoms with E-state index in [1.807, 2.05) is 0 Å². The lowest BCUT2D eigenvalue weighted by atomic mass is 9.92. The fourth-order valence-corrected chi connectivity index (χ4v) is 3.66. The van der Waals surface area contributed by atoms with Gasteiger partial charge in [-0.1, -0.05) is 0 Å². The molecule has 4 fully saturated rings. The molecule has 12 nitrogen and oxygen atoms in total. The minimum absolute atomic E-state index is 0.180. The lowest BCUT2D eigenvalue weighted by Gasteiger charge is -2.35. The number of rotatable bonds is 26. The summed E-state index contributed by atoms with van der Waals surface area (Å²) in [6.45, 7) is 7.34. The summed E-state index contributed by atoms with van der Waals surface area (Å²) < 4.78 is 67.9. The van der Waals surface area contributed by atoms with Crippen molar-refractivity contribution in [2.24, 2.45) is 5.41 Å². The summed E-state index contributed by atoms with van der Waals surface area (Å²) in [7, 11) is 3.27. The van der Waals surface area contributed by atoms with Gasteiger partial charge in [0.2, 0.25) is 0 Å². The van der Waals surface area contributed by atoms with Gasteiger partial charge in [0.25, 0.3) is 0 Å². The average Bonchev–Trinajstić information content (AvgIpc) is 3.69. The van der Waals surface area contributed by atoms with Gasteiger partial charge in [0, 0.05) is 27.1 Å². The standard InChI is InChI=1S/C25H44O12/c1-26-23(7-19-11-32-19)36-17-25(15-30-5-3-28-9-21-13-34-21,16-31-6-4-29-10-22-14-35-22)18-37-24(27-2)8-20-12-33-20/h19-24H,3-18H2,1-2H3. The Morgan fingerprint density at radius 3 is 1.30 bits per heavy atom. The molecule has 0 saturated carbocycles. The monoisotopic (exact) mass is 536 g/mol. The zero-order valence-corrected chi connectivity index (χ0v) is 22.2. The molecule has 0 N–H and O–H groups in total. The van der Waals surface area contributed by atoms with Crippen molar-refractivity contribution in [1.29, 1.82) is 0 Å². The van der Waals surface area contributed by atoms with Crippen LogP contribution in [0.15, 0.2) is 0 Å². The lowest BCUT2D eigenvalue weighted by Crippen LogP contribution is -2.44. The molecule has 0 aliphatic carbocycles. The quantitative estimate of drug-likeness (QED) is 0.0863. The number of methoxy groups -OCH3 is 2. The van der Waals surface area contributed by atoms with E-state index in [-0.39, 0.29) is 24.4 Å². The van der Waals surface area contributed by atoms with Gasteiger partial charge in [-0.3, -0.25) is 0 Å². The van der Waals surface area contributed by atoms with Gasteiger partial charge in [-0.2, -0.15) is 0 Å². The second-order valence-corrected chi connectivity index (χ2v) is 10.0. The van der Waals surface area contributed by atoms with Crippen LogP contribution in [-0.2, 0) is 56.8 Å². The van der Waals surface area contributed by atoms with Gasteiger partial charge in [-0.25, -0.2) is 0 Å². The van der Waals surface area contributed by atoms with Crippen LogP contribution in [0.2, 0.25) is 0 Å². The third-order valence-corrected chi connectivity index (χ3v) is 6.36. The highest BCUT2D eigenvalue weighted by Crippen LogP contribution is 2.26. The Bertz CT molecular complexity index is 556. The molecular weight excluding hydrogens is 492 g/mol. The van der Waals surface area contributed by atoms with Gasteiger partial charge < -0.3 is 56.8 Å². The maximum Gasteiger partial charge on any atom is 0.159 e. The highest BCUT2D eigenvalue weighted by molar-refractivity contribution is 4.81. The summed E-state index contributed by atoms with van der Waals surface area (Å²) in [5.41, 5.74) is -0.610. The fourth-order valence-electron chi connectivity index (χ4n) is 3.66. The van der Waals surface area contributed by atoms with Gasteiger partial charge in [0.15, 0.2) is 12.6 Å². The number of ether oxygens (including phenoxy) is 12. The Balaban J connectivity index is 1.29. The molecule has 4 aliphatic rings. The topological polar surface area (TPSA) is 124 Å². The largest absolute Gasteiger partial charge is 0.378 e. The van der Waals surface area contributed by atoms with Crippen LogP contribution in [0.3, 0.4) is 0 Å². The first-order chi connectivity index (χ1) is 18.2. The van der Waals surface area contributed by atoms with E-state index >= 15 is 0 Å². The molecule has 0 bridgehead atoms. The van der Waals surface area contributed by atoms with Crippen LogP contribution in [-0.4, -0.2) is 144 Å². The summed E-state index contributed by atoms with van der Waals surface area (Å²) in [5, 5.41) is 0. The van der Waals surface area contributed by atoms with E-state index in [4.69, 9.17) is 56.8 Å². The Hall–Kier alpha value is -0.480. The van der Waals surface area contributed by atoms with Crippen molar-refractivity contribution in [3.8, 4) is 0 Å². The zero-order valence-electron chi connectivity index (χ0n) is 22.2. The SMILES string of the molecule is COC(CC1CO1)OCC(COCCOCC1CO1)(COCCOCC1CO1)COC(CC1CO1)OC. The van der Waals surface area contributed by atoms with Crippen molar-refractivity contribution in [2.45, 2.75) is 49.8 Å². The van der Waals surface area contributed by atoms with Crippen molar-refractivity contribution in [1.82, 2.24) is 0 Å². The van der Waals surface area contributed by atoms with Gasteiger partial charge in [-0.05, 0) is 0 Å². The first kappa shape index (κ1) is 29.5. The molecule has 4 heterocycles. The van der Waals surface area contributed by atoms with Crippen molar-refractivity contribution < 1.29 is 56.8 Å². The molecular formula is C25H44O12. The number of hydrogen-bond acceptors (Lipinski definition) is 12. The van der Waals surface area contributed by atoms with Crippen molar-refractivity contribution in [2.75, 3.05) is 107 Å². The normalized spacial score (nSPS) is 29.0. The van der Waals surface area contributed by atoms with Crippen LogP contribution in [0.5, 0.6) is 0 Å². The summed E-state index contributed by atoms with van der Waals surface area (Å²) in [5.74, 6) is 0. The van der Waals surface area contributed by atoms with Gasteiger partial charge in [-0.15, -0.1) is 0 Å². The first-order valence-electron chi connectivity index (χ1n) is 13.2. The summed E-state index contributed by atoms with van der Waals surface area (Å²) in [6, 6.07) is 0.